The fourth-order valence-electron chi connectivity index (χ4n) is 2.69. The molecule has 2 heterocycles. The van der Waals surface area contributed by atoms with Gasteiger partial charge in [0.25, 0.3) is 0 Å². The fraction of sp³-hybridized carbons (Fsp3) is 0.471. The second-order valence-electron chi connectivity index (χ2n) is 5.73. The van der Waals surface area contributed by atoms with Gasteiger partial charge in [-0.05, 0) is 31.0 Å². The highest BCUT2D eigenvalue weighted by Crippen LogP contribution is 2.31. The van der Waals surface area contributed by atoms with Crippen LogP contribution in [0.25, 0.3) is 10.9 Å². The zero-order chi connectivity index (χ0) is 16.1. The van der Waals surface area contributed by atoms with E-state index in [9.17, 15) is 0 Å². The van der Waals surface area contributed by atoms with Gasteiger partial charge >= 0.3 is 0 Å². The summed E-state index contributed by atoms with van der Waals surface area (Å²) >= 11 is 9.73. The summed E-state index contributed by atoms with van der Waals surface area (Å²) in [6, 6.07) is 5.87. The van der Waals surface area contributed by atoms with Gasteiger partial charge in [-0.3, -0.25) is 4.98 Å². The van der Waals surface area contributed by atoms with Crippen molar-refractivity contribution in [1.29, 1.82) is 0 Å². The van der Waals surface area contributed by atoms with Crippen LogP contribution < -0.4 is 5.32 Å². The number of hydrogen-bond donors (Lipinski definition) is 1. The van der Waals surface area contributed by atoms with Crippen LogP contribution in [0, 0.1) is 5.92 Å². The molecule has 1 aliphatic rings. The van der Waals surface area contributed by atoms with Gasteiger partial charge in [-0.15, -0.1) is 0 Å². The SMILES string of the molecule is Clc1cc(Br)cc2c(NCCCOCC3CCOC3)ccnc12. The topological polar surface area (TPSA) is 43.4 Å². The van der Waals surface area contributed by atoms with E-state index in [1.807, 2.05) is 18.2 Å². The number of fused-ring (bicyclic) bond motifs is 1. The van der Waals surface area contributed by atoms with Crippen molar-refractivity contribution >= 4 is 44.1 Å². The first-order chi connectivity index (χ1) is 11.2. The zero-order valence-corrected chi connectivity index (χ0v) is 15.2. The number of ether oxygens (including phenoxy) is 2. The van der Waals surface area contributed by atoms with Gasteiger partial charge in [0.2, 0.25) is 0 Å². The Morgan fingerprint density at radius 3 is 3.17 bits per heavy atom. The molecule has 0 amide bonds. The molecule has 4 nitrogen and oxygen atoms in total. The summed E-state index contributed by atoms with van der Waals surface area (Å²) in [5.41, 5.74) is 1.86. The molecule has 0 saturated carbocycles. The van der Waals surface area contributed by atoms with Crippen LogP contribution in [-0.4, -0.2) is 38.0 Å². The Kier molecular flexibility index (Phi) is 6.11. The predicted octanol–water partition coefficient (Wildman–Crippen LogP) is 4.51. The number of nitrogens with zero attached hydrogens (tertiary/aromatic N) is 1. The van der Waals surface area contributed by atoms with E-state index in [-0.39, 0.29) is 0 Å². The summed E-state index contributed by atoms with van der Waals surface area (Å²) in [7, 11) is 0. The maximum atomic E-state index is 6.25. The van der Waals surface area contributed by atoms with Gasteiger partial charge < -0.3 is 14.8 Å². The van der Waals surface area contributed by atoms with E-state index in [0.29, 0.717) is 10.9 Å². The van der Waals surface area contributed by atoms with E-state index in [0.717, 1.165) is 66.9 Å². The third-order valence-electron chi connectivity index (χ3n) is 3.92. The van der Waals surface area contributed by atoms with Gasteiger partial charge in [-0.2, -0.15) is 0 Å². The van der Waals surface area contributed by atoms with E-state index in [4.69, 9.17) is 21.1 Å². The van der Waals surface area contributed by atoms with Gasteiger partial charge in [0.15, 0.2) is 0 Å². The Morgan fingerprint density at radius 1 is 1.43 bits per heavy atom. The number of nitrogens with one attached hydrogen (secondary N) is 1. The summed E-state index contributed by atoms with van der Waals surface area (Å²) in [6.07, 6.45) is 3.86. The molecule has 0 spiro atoms. The second kappa shape index (κ2) is 8.29. The van der Waals surface area contributed by atoms with Crippen LogP contribution in [0.15, 0.2) is 28.9 Å². The second-order valence-corrected chi connectivity index (χ2v) is 7.05. The van der Waals surface area contributed by atoms with Gasteiger partial charge in [0.05, 0.1) is 23.8 Å². The molecule has 1 aromatic heterocycles. The summed E-state index contributed by atoms with van der Waals surface area (Å²) in [4.78, 5) is 4.35. The molecule has 23 heavy (non-hydrogen) atoms. The average molecular weight is 400 g/mol. The van der Waals surface area contributed by atoms with Crippen molar-refractivity contribution in [2.75, 3.05) is 38.3 Å². The van der Waals surface area contributed by atoms with Crippen molar-refractivity contribution in [1.82, 2.24) is 4.98 Å². The third-order valence-corrected chi connectivity index (χ3v) is 4.67. The highest BCUT2D eigenvalue weighted by Gasteiger charge is 2.15. The highest BCUT2D eigenvalue weighted by atomic mass is 79.9. The van der Waals surface area contributed by atoms with Crippen molar-refractivity contribution in [3.8, 4) is 0 Å². The Morgan fingerprint density at radius 2 is 2.35 bits per heavy atom. The van der Waals surface area contributed by atoms with Crippen LogP contribution in [0.4, 0.5) is 5.69 Å². The lowest BCUT2D eigenvalue weighted by molar-refractivity contribution is 0.0897. The van der Waals surface area contributed by atoms with Crippen molar-refractivity contribution < 1.29 is 9.47 Å². The quantitative estimate of drug-likeness (QED) is 0.696. The van der Waals surface area contributed by atoms with E-state index < -0.39 is 0 Å². The Balaban J connectivity index is 1.49. The summed E-state index contributed by atoms with van der Waals surface area (Å²) in [5.74, 6) is 0.576. The minimum atomic E-state index is 0.576. The summed E-state index contributed by atoms with van der Waals surface area (Å²) in [6.45, 7) is 4.14. The first-order valence-electron chi connectivity index (χ1n) is 7.87. The van der Waals surface area contributed by atoms with Crippen molar-refractivity contribution in [3.63, 3.8) is 0 Å². The first kappa shape index (κ1) is 17.0. The number of hydrogen-bond acceptors (Lipinski definition) is 4. The Labute approximate surface area is 149 Å². The normalized spacial score (nSPS) is 17.7. The van der Waals surface area contributed by atoms with Crippen LogP contribution in [0.5, 0.6) is 0 Å². The van der Waals surface area contributed by atoms with Crippen LogP contribution in [0.1, 0.15) is 12.8 Å². The average Bonchev–Trinajstić information content (AvgIpc) is 3.04. The Bertz CT molecular complexity index is 662. The third kappa shape index (κ3) is 4.57. The van der Waals surface area contributed by atoms with E-state index in [1.54, 1.807) is 6.20 Å². The molecule has 3 rings (SSSR count). The molecule has 2 aromatic rings. The fourth-order valence-corrected chi connectivity index (χ4v) is 3.55. The molecule has 1 N–H and O–H groups in total. The maximum Gasteiger partial charge on any atom is 0.0909 e. The predicted molar refractivity (Wildman–Crippen MR) is 97.3 cm³/mol. The van der Waals surface area contributed by atoms with E-state index >= 15 is 0 Å². The van der Waals surface area contributed by atoms with E-state index in [2.05, 4.69) is 26.2 Å². The molecule has 1 fully saturated rings. The minimum Gasteiger partial charge on any atom is -0.384 e. The lowest BCUT2D eigenvalue weighted by Crippen LogP contribution is -2.12. The minimum absolute atomic E-state index is 0.576. The van der Waals surface area contributed by atoms with Crippen molar-refractivity contribution in [2.24, 2.45) is 5.92 Å². The Hall–Kier alpha value is -0.880. The van der Waals surface area contributed by atoms with Gasteiger partial charge in [-0.1, -0.05) is 27.5 Å². The van der Waals surface area contributed by atoms with Crippen LogP contribution in [0.2, 0.25) is 5.02 Å². The molecule has 1 atom stereocenters. The summed E-state index contributed by atoms with van der Waals surface area (Å²) in [5, 5.41) is 5.12. The van der Waals surface area contributed by atoms with E-state index in [1.165, 1.54) is 0 Å². The molecule has 1 saturated heterocycles. The van der Waals surface area contributed by atoms with Gasteiger partial charge in [0, 0.05) is 47.4 Å². The number of rotatable bonds is 7. The lowest BCUT2D eigenvalue weighted by Gasteiger charge is -2.12. The summed E-state index contributed by atoms with van der Waals surface area (Å²) < 4.78 is 12.0. The molecular weight excluding hydrogens is 380 g/mol. The largest absolute Gasteiger partial charge is 0.384 e. The molecular formula is C17H20BrClN2O2. The van der Waals surface area contributed by atoms with Crippen LogP contribution in [-0.2, 0) is 9.47 Å². The molecule has 1 aromatic carbocycles. The van der Waals surface area contributed by atoms with Crippen LogP contribution >= 0.6 is 27.5 Å². The van der Waals surface area contributed by atoms with Crippen molar-refractivity contribution in [2.45, 2.75) is 12.8 Å². The molecule has 0 bridgehead atoms. The molecule has 6 heteroatoms. The number of benzene rings is 1. The molecule has 1 unspecified atom stereocenters. The van der Waals surface area contributed by atoms with Gasteiger partial charge in [0.1, 0.15) is 0 Å². The zero-order valence-electron chi connectivity index (χ0n) is 12.9. The maximum absolute atomic E-state index is 6.25. The number of halogens is 2. The smallest absolute Gasteiger partial charge is 0.0909 e. The highest BCUT2D eigenvalue weighted by molar-refractivity contribution is 9.10. The standard InChI is InChI=1S/C17H20BrClN2O2/c18-13-8-14-16(2-5-21-17(14)15(19)9-13)20-4-1-6-22-10-12-3-7-23-11-12/h2,5,8-9,12H,1,3-4,6-7,10-11H2,(H,20,21). The first-order valence-corrected chi connectivity index (χ1v) is 9.04. The number of anilines is 1. The monoisotopic (exact) mass is 398 g/mol. The molecule has 124 valence electrons. The number of pyridine rings is 1. The van der Waals surface area contributed by atoms with Crippen LogP contribution in [0.3, 0.4) is 0 Å². The number of aromatic nitrogens is 1. The molecule has 1 aliphatic heterocycles. The molecule has 0 aliphatic carbocycles. The van der Waals surface area contributed by atoms with Gasteiger partial charge in [-0.25, -0.2) is 0 Å². The van der Waals surface area contributed by atoms with Crippen molar-refractivity contribution in [3.05, 3.63) is 33.9 Å². The molecule has 0 radical (unpaired) electrons. The lowest BCUT2D eigenvalue weighted by atomic mass is 10.1.